The van der Waals surface area contributed by atoms with Crippen LogP contribution in [0.5, 0.6) is 0 Å². The standard InChI is InChI=1S/C24H23ClN4O2/c1-16-27-20-9-4-5-10-21(20)29(16)15-23(30)28-12-6-11-22(28)24-26-14-18(31-24)13-17-7-2-3-8-19(17)25/h2-5,7-10,14,22H,6,11-13,15H2,1H3. The van der Waals surface area contributed by atoms with Crippen LogP contribution < -0.4 is 0 Å². The van der Waals surface area contributed by atoms with Gasteiger partial charge in [-0.25, -0.2) is 9.97 Å². The largest absolute Gasteiger partial charge is 0.443 e. The van der Waals surface area contributed by atoms with E-state index in [9.17, 15) is 4.79 Å². The minimum Gasteiger partial charge on any atom is -0.443 e. The molecule has 3 heterocycles. The summed E-state index contributed by atoms with van der Waals surface area (Å²) in [5.41, 5.74) is 2.87. The van der Waals surface area contributed by atoms with Crippen LogP contribution in [0, 0.1) is 6.92 Å². The highest BCUT2D eigenvalue weighted by Gasteiger charge is 2.33. The zero-order valence-corrected chi connectivity index (χ0v) is 18.0. The topological polar surface area (TPSA) is 64.2 Å². The molecule has 1 fully saturated rings. The molecule has 158 valence electrons. The Labute approximate surface area is 185 Å². The zero-order valence-electron chi connectivity index (χ0n) is 17.3. The van der Waals surface area contributed by atoms with Crippen molar-refractivity contribution >= 4 is 28.5 Å². The summed E-state index contributed by atoms with van der Waals surface area (Å²) in [7, 11) is 0. The van der Waals surface area contributed by atoms with Crippen LogP contribution in [0.1, 0.15) is 41.9 Å². The van der Waals surface area contributed by atoms with Gasteiger partial charge in [0.25, 0.3) is 0 Å². The number of carbonyl (C=O) groups excluding carboxylic acids is 1. The number of imidazole rings is 1. The van der Waals surface area contributed by atoms with Gasteiger partial charge in [0.1, 0.15) is 24.2 Å². The average Bonchev–Trinajstić information content (AvgIpc) is 3.49. The fourth-order valence-corrected chi connectivity index (χ4v) is 4.53. The van der Waals surface area contributed by atoms with Crippen LogP contribution in [0.25, 0.3) is 11.0 Å². The van der Waals surface area contributed by atoms with E-state index in [0.717, 1.165) is 41.0 Å². The van der Waals surface area contributed by atoms with Gasteiger partial charge in [-0.15, -0.1) is 0 Å². The maximum Gasteiger partial charge on any atom is 0.243 e. The Hall–Kier alpha value is -3.12. The number of nitrogens with zero attached hydrogens (tertiary/aromatic N) is 4. The molecule has 7 heteroatoms. The number of amides is 1. The second-order valence-corrected chi connectivity index (χ2v) is 8.32. The van der Waals surface area contributed by atoms with Crippen LogP contribution in [0.2, 0.25) is 5.02 Å². The van der Waals surface area contributed by atoms with Gasteiger partial charge in [-0.05, 0) is 43.5 Å². The van der Waals surface area contributed by atoms with Gasteiger partial charge in [0.2, 0.25) is 11.8 Å². The molecule has 6 nitrogen and oxygen atoms in total. The van der Waals surface area contributed by atoms with Crippen LogP contribution in [0.3, 0.4) is 0 Å². The van der Waals surface area contributed by atoms with Crippen molar-refractivity contribution in [1.29, 1.82) is 0 Å². The fourth-order valence-electron chi connectivity index (χ4n) is 4.33. The Morgan fingerprint density at radius 2 is 2.00 bits per heavy atom. The number of aromatic nitrogens is 3. The van der Waals surface area contributed by atoms with Crippen molar-refractivity contribution in [2.24, 2.45) is 0 Å². The molecule has 1 unspecified atom stereocenters. The molecular formula is C24H23ClN4O2. The van der Waals surface area contributed by atoms with Crippen molar-refractivity contribution in [1.82, 2.24) is 19.4 Å². The van der Waals surface area contributed by atoms with Crippen LogP contribution in [0.4, 0.5) is 0 Å². The number of aryl methyl sites for hydroxylation is 1. The first-order chi connectivity index (χ1) is 15.1. The highest BCUT2D eigenvalue weighted by molar-refractivity contribution is 6.31. The predicted molar refractivity (Wildman–Crippen MR) is 119 cm³/mol. The van der Waals surface area contributed by atoms with Gasteiger partial charge < -0.3 is 13.9 Å². The minimum atomic E-state index is -0.136. The molecule has 1 atom stereocenters. The molecule has 1 saturated heterocycles. The Morgan fingerprint density at radius 3 is 2.87 bits per heavy atom. The van der Waals surface area contributed by atoms with Gasteiger partial charge >= 0.3 is 0 Å². The molecule has 1 amide bonds. The van der Waals surface area contributed by atoms with Crippen molar-refractivity contribution in [2.45, 2.75) is 38.8 Å². The summed E-state index contributed by atoms with van der Waals surface area (Å²) in [4.78, 5) is 24.2. The molecule has 5 rings (SSSR count). The molecule has 1 aliphatic heterocycles. The van der Waals surface area contributed by atoms with E-state index in [1.165, 1.54) is 0 Å². The number of hydrogen-bond acceptors (Lipinski definition) is 4. The molecule has 4 aromatic rings. The van der Waals surface area contributed by atoms with E-state index in [4.69, 9.17) is 16.0 Å². The maximum atomic E-state index is 13.2. The van der Waals surface area contributed by atoms with Crippen molar-refractivity contribution in [3.8, 4) is 0 Å². The molecular weight excluding hydrogens is 412 g/mol. The molecule has 0 N–H and O–H groups in total. The monoisotopic (exact) mass is 434 g/mol. The number of likely N-dealkylation sites (tertiary alicyclic amines) is 1. The lowest BCUT2D eigenvalue weighted by molar-refractivity contribution is -0.133. The summed E-state index contributed by atoms with van der Waals surface area (Å²) in [6.45, 7) is 2.90. The highest BCUT2D eigenvalue weighted by Crippen LogP contribution is 2.33. The summed E-state index contributed by atoms with van der Waals surface area (Å²) < 4.78 is 8.03. The number of benzene rings is 2. The first-order valence-electron chi connectivity index (χ1n) is 10.5. The van der Waals surface area contributed by atoms with Gasteiger partial charge in [0.05, 0.1) is 17.2 Å². The summed E-state index contributed by atoms with van der Waals surface area (Å²) >= 11 is 6.27. The number of para-hydroxylation sites is 2. The summed E-state index contributed by atoms with van der Waals surface area (Å²) in [5.74, 6) is 2.24. The van der Waals surface area contributed by atoms with Gasteiger partial charge in [-0.2, -0.15) is 0 Å². The van der Waals surface area contributed by atoms with Crippen molar-refractivity contribution in [3.05, 3.63) is 82.8 Å². The van der Waals surface area contributed by atoms with E-state index >= 15 is 0 Å². The molecule has 0 aliphatic carbocycles. The Kier molecular flexibility index (Phi) is 5.24. The predicted octanol–water partition coefficient (Wildman–Crippen LogP) is 4.94. The molecule has 0 radical (unpaired) electrons. The lowest BCUT2D eigenvalue weighted by Crippen LogP contribution is -2.33. The molecule has 31 heavy (non-hydrogen) atoms. The summed E-state index contributed by atoms with van der Waals surface area (Å²) in [6, 6.07) is 15.5. The molecule has 0 saturated carbocycles. The SMILES string of the molecule is Cc1nc2ccccc2n1CC(=O)N1CCCC1c1ncc(Cc2ccccc2Cl)o1. The first-order valence-corrected chi connectivity index (χ1v) is 10.9. The molecule has 1 aliphatic rings. The quantitative estimate of drug-likeness (QED) is 0.446. The summed E-state index contributed by atoms with van der Waals surface area (Å²) in [6.07, 6.45) is 4.10. The van der Waals surface area contributed by atoms with Gasteiger partial charge in [0, 0.05) is 18.0 Å². The smallest absolute Gasteiger partial charge is 0.243 e. The van der Waals surface area contributed by atoms with Crippen LogP contribution in [-0.4, -0.2) is 31.9 Å². The van der Waals surface area contributed by atoms with E-state index in [2.05, 4.69) is 9.97 Å². The van der Waals surface area contributed by atoms with E-state index in [1.807, 2.05) is 64.9 Å². The van der Waals surface area contributed by atoms with Crippen LogP contribution in [-0.2, 0) is 17.8 Å². The highest BCUT2D eigenvalue weighted by atomic mass is 35.5. The van der Waals surface area contributed by atoms with Gasteiger partial charge in [-0.3, -0.25) is 4.79 Å². The number of carbonyl (C=O) groups is 1. The van der Waals surface area contributed by atoms with Crippen LogP contribution >= 0.6 is 11.6 Å². The maximum absolute atomic E-state index is 13.2. The second kappa shape index (κ2) is 8.19. The summed E-state index contributed by atoms with van der Waals surface area (Å²) in [5, 5.41) is 0.709. The number of halogens is 1. The van der Waals surface area contributed by atoms with E-state index < -0.39 is 0 Å². The molecule has 2 aromatic heterocycles. The minimum absolute atomic E-state index is 0.0552. The molecule has 2 aromatic carbocycles. The van der Waals surface area contributed by atoms with E-state index in [0.29, 0.717) is 23.9 Å². The lowest BCUT2D eigenvalue weighted by Gasteiger charge is -2.23. The van der Waals surface area contributed by atoms with Crippen molar-refractivity contribution in [3.63, 3.8) is 0 Å². The molecule has 0 bridgehead atoms. The average molecular weight is 435 g/mol. The second-order valence-electron chi connectivity index (χ2n) is 7.91. The Bertz CT molecular complexity index is 1250. The fraction of sp³-hybridized carbons (Fsp3) is 0.292. The third kappa shape index (κ3) is 3.83. The van der Waals surface area contributed by atoms with E-state index in [-0.39, 0.29) is 18.5 Å². The lowest BCUT2D eigenvalue weighted by atomic mass is 10.1. The Morgan fingerprint density at radius 1 is 1.19 bits per heavy atom. The third-order valence-corrected chi connectivity index (χ3v) is 6.26. The zero-order chi connectivity index (χ0) is 21.4. The number of rotatable bonds is 5. The van der Waals surface area contributed by atoms with Gasteiger partial charge in [-0.1, -0.05) is 41.9 Å². The van der Waals surface area contributed by atoms with Crippen LogP contribution in [0.15, 0.2) is 59.1 Å². The third-order valence-electron chi connectivity index (χ3n) is 5.89. The normalized spacial score (nSPS) is 16.3. The van der Waals surface area contributed by atoms with E-state index in [1.54, 1.807) is 6.20 Å². The molecule has 0 spiro atoms. The van der Waals surface area contributed by atoms with Crippen molar-refractivity contribution < 1.29 is 9.21 Å². The number of oxazole rings is 1. The van der Waals surface area contributed by atoms with Crippen molar-refractivity contribution in [2.75, 3.05) is 6.54 Å². The number of hydrogen-bond donors (Lipinski definition) is 0. The Balaban J connectivity index is 1.34. The van der Waals surface area contributed by atoms with Gasteiger partial charge in [0.15, 0.2) is 0 Å². The number of fused-ring (bicyclic) bond motifs is 1. The first kappa shape index (κ1) is 19.8.